The van der Waals surface area contributed by atoms with E-state index >= 15 is 0 Å². The second-order valence-electron chi connectivity index (χ2n) is 4.69. The molecule has 21 heavy (non-hydrogen) atoms. The second kappa shape index (κ2) is 6.62. The number of esters is 1. The number of ether oxygens (including phenoxy) is 1. The van der Waals surface area contributed by atoms with Crippen molar-refractivity contribution >= 4 is 35.2 Å². The number of amides is 2. The van der Waals surface area contributed by atoms with Gasteiger partial charge in [0, 0.05) is 19.0 Å². The number of fused-ring (bicyclic) bond motifs is 1. The minimum absolute atomic E-state index is 0.144. The maximum Gasteiger partial charge on any atom is 0.326 e. The highest BCUT2D eigenvalue weighted by Crippen LogP contribution is 2.34. The third-order valence-electron chi connectivity index (χ3n) is 2.95. The molecule has 7 heteroatoms. The summed E-state index contributed by atoms with van der Waals surface area (Å²) >= 11 is 1.45. The molecule has 0 N–H and O–H groups in total. The van der Waals surface area contributed by atoms with Crippen molar-refractivity contribution in [3.8, 4) is 0 Å². The Hall–Kier alpha value is -2.02. The molecule has 1 aliphatic heterocycles. The van der Waals surface area contributed by atoms with Crippen molar-refractivity contribution in [3.63, 3.8) is 0 Å². The van der Waals surface area contributed by atoms with E-state index in [2.05, 4.69) is 0 Å². The zero-order chi connectivity index (χ0) is 15.4. The minimum Gasteiger partial charge on any atom is -0.454 e. The second-order valence-corrected chi connectivity index (χ2v) is 5.70. The molecule has 2 rings (SSSR count). The lowest BCUT2D eigenvalue weighted by Gasteiger charge is -2.27. The van der Waals surface area contributed by atoms with Crippen molar-refractivity contribution in [1.82, 2.24) is 4.90 Å². The van der Waals surface area contributed by atoms with E-state index in [1.165, 1.54) is 21.6 Å². The molecule has 0 saturated carbocycles. The van der Waals surface area contributed by atoms with Crippen molar-refractivity contribution in [2.45, 2.75) is 4.90 Å². The summed E-state index contributed by atoms with van der Waals surface area (Å²) in [6, 6.07) is 7.39. The summed E-state index contributed by atoms with van der Waals surface area (Å²) in [4.78, 5) is 38.8. The van der Waals surface area contributed by atoms with E-state index < -0.39 is 5.97 Å². The number of carbonyl (C=O) groups is 3. The molecule has 0 radical (unpaired) electrons. The molecule has 6 nitrogen and oxygen atoms in total. The maximum atomic E-state index is 12.0. The number of benzene rings is 1. The van der Waals surface area contributed by atoms with Crippen LogP contribution in [0.4, 0.5) is 5.69 Å². The fraction of sp³-hybridized carbons (Fsp3) is 0.357. The fourth-order valence-corrected chi connectivity index (χ4v) is 2.71. The molecule has 0 bridgehead atoms. The van der Waals surface area contributed by atoms with Crippen LogP contribution in [0.15, 0.2) is 29.2 Å². The summed E-state index contributed by atoms with van der Waals surface area (Å²) < 4.78 is 4.90. The van der Waals surface area contributed by atoms with Gasteiger partial charge in [0.1, 0.15) is 6.54 Å². The monoisotopic (exact) mass is 308 g/mol. The molecule has 2 amide bonds. The summed E-state index contributed by atoms with van der Waals surface area (Å²) in [6.07, 6.45) is 0. The average molecular weight is 308 g/mol. The van der Waals surface area contributed by atoms with Gasteiger partial charge in [0.05, 0.1) is 11.4 Å². The van der Waals surface area contributed by atoms with E-state index in [4.69, 9.17) is 4.74 Å². The number of anilines is 1. The molecule has 0 fully saturated rings. The van der Waals surface area contributed by atoms with Crippen molar-refractivity contribution in [3.05, 3.63) is 24.3 Å². The van der Waals surface area contributed by atoms with Gasteiger partial charge in [0.25, 0.3) is 5.91 Å². The smallest absolute Gasteiger partial charge is 0.326 e. The molecule has 1 aliphatic rings. The molecule has 0 aromatic heterocycles. The van der Waals surface area contributed by atoms with Crippen LogP contribution >= 0.6 is 11.8 Å². The molecule has 0 atom stereocenters. The van der Waals surface area contributed by atoms with Crippen LogP contribution in [0.25, 0.3) is 0 Å². The average Bonchev–Trinajstić information content (AvgIpc) is 2.47. The largest absolute Gasteiger partial charge is 0.454 e. The van der Waals surface area contributed by atoms with Crippen LogP contribution in [0.2, 0.25) is 0 Å². The van der Waals surface area contributed by atoms with Gasteiger partial charge in [0.15, 0.2) is 6.61 Å². The minimum atomic E-state index is -0.597. The van der Waals surface area contributed by atoms with Gasteiger partial charge < -0.3 is 9.64 Å². The number of para-hydroxylation sites is 1. The first-order valence-electron chi connectivity index (χ1n) is 6.37. The highest BCUT2D eigenvalue weighted by Gasteiger charge is 2.26. The third-order valence-corrected chi connectivity index (χ3v) is 4.00. The Morgan fingerprint density at radius 1 is 1.33 bits per heavy atom. The summed E-state index contributed by atoms with van der Waals surface area (Å²) in [5.41, 5.74) is 0.703. The number of likely N-dealkylation sites (N-methyl/N-ethyl adjacent to an activating group) is 1. The van der Waals surface area contributed by atoms with Crippen LogP contribution < -0.4 is 4.90 Å². The van der Waals surface area contributed by atoms with E-state index in [-0.39, 0.29) is 25.0 Å². The first-order valence-corrected chi connectivity index (χ1v) is 7.35. The number of thioether (sulfide) groups is 1. The van der Waals surface area contributed by atoms with Crippen LogP contribution in [0, 0.1) is 0 Å². The molecule has 1 heterocycles. The van der Waals surface area contributed by atoms with Crippen molar-refractivity contribution in [2.75, 3.05) is 37.9 Å². The Balaban J connectivity index is 2.00. The Kier molecular flexibility index (Phi) is 4.85. The summed E-state index contributed by atoms with van der Waals surface area (Å²) in [7, 11) is 3.16. The van der Waals surface area contributed by atoms with E-state index in [0.717, 1.165) is 4.90 Å². The van der Waals surface area contributed by atoms with Crippen LogP contribution in [0.3, 0.4) is 0 Å². The highest BCUT2D eigenvalue weighted by molar-refractivity contribution is 8.00. The SMILES string of the molecule is CN(C)C(=O)COC(=O)CN1C(=O)CSc2ccccc21. The Labute approximate surface area is 127 Å². The van der Waals surface area contributed by atoms with Gasteiger partial charge in [-0.05, 0) is 12.1 Å². The quantitative estimate of drug-likeness (QED) is 0.768. The van der Waals surface area contributed by atoms with Gasteiger partial charge in [-0.1, -0.05) is 12.1 Å². The van der Waals surface area contributed by atoms with Gasteiger partial charge in [0.2, 0.25) is 5.91 Å². The normalized spacial score (nSPS) is 13.6. The number of rotatable bonds is 4. The van der Waals surface area contributed by atoms with E-state index in [9.17, 15) is 14.4 Å². The molecule has 1 aromatic rings. The Bertz CT molecular complexity index is 574. The van der Waals surface area contributed by atoms with Crippen molar-refractivity contribution in [2.24, 2.45) is 0 Å². The van der Waals surface area contributed by atoms with E-state index in [0.29, 0.717) is 11.4 Å². The molecule has 0 unspecified atom stereocenters. The first-order chi connectivity index (χ1) is 9.99. The van der Waals surface area contributed by atoms with Crippen LogP contribution in [-0.4, -0.2) is 55.7 Å². The number of hydrogen-bond acceptors (Lipinski definition) is 5. The first kappa shape index (κ1) is 15.4. The van der Waals surface area contributed by atoms with Crippen LogP contribution in [0.1, 0.15) is 0 Å². The predicted molar refractivity (Wildman–Crippen MR) is 79.2 cm³/mol. The van der Waals surface area contributed by atoms with Crippen LogP contribution in [0.5, 0.6) is 0 Å². The molecule has 112 valence electrons. The fourth-order valence-electron chi connectivity index (χ4n) is 1.77. The van der Waals surface area contributed by atoms with Gasteiger partial charge in [-0.3, -0.25) is 19.3 Å². The zero-order valence-corrected chi connectivity index (χ0v) is 12.7. The Morgan fingerprint density at radius 2 is 2.05 bits per heavy atom. The lowest BCUT2D eigenvalue weighted by atomic mass is 10.2. The molecule has 1 aromatic carbocycles. The van der Waals surface area contributed by atoms with Crippen molar-refractivity contribution < 1.29 is 19.1 Å². The van der Waals surface area contributed by atoms with Gasteiger partial charge in [-0.2, -0.15) is 0 Å². The number of carbonyl (C=O) groups excluding carboxylic acids is 3. The standard InChI is InChI=1S/C14H16N2O4S/c1-15(2)12(17)8-20-14(19)7-16-10-5-3-4-6-11(10)21-9-13(16)18/h3-6H,7-9H2,1-2H3. The maximum absolute atomic E-state index is 12.0. The van der Waals surface area contributed by atoms with Crippen LogP contribution in [-0.2, 0) is 19.1 Å². The highest BCUT2D eigenvalue weighted by atomic mass is 32.2. The topological polar surface area (TPSA) is 66.9 Å². The lowest BCUT2D eigenvalue weighted by Crippen LogP contribution is -2.40. The van der Waals surface area contributed by atoms with E-state index in [1.807, 2.05) is 18.2 Å². The zero-order valence-electron chi connectivity index (χ0n) is 11.9. The summed E-state index contributed by atoms with van der Waals surface area (Å²) in [5.74, 6) is -0.750. The summed E-state index contributed by atoms with van der Waals surface area (Å²) in [5, 5.41) is 0. The number of hydrogen-bond donors (Lipinski definition) is 0. The van der Waals surface area contributed by atoms with Gasteiger partial charge in [-0.15, -0.1) is 11.8 Å². The Morgan fingerprint density at radius 3 is 2.76 bits per heavy atom. The van der Waals surface area contributed by atoms with Gasteiger partial charge >= 0.3 is 5.97 Å². The summed E-state index contributed by atoms with van der Waals surface area (Å²) in [6.45, 7) is -0.499. The lowest BCUT2D eigenvalue weighted by molar-refractivity contribution is -0.150. The van der Waals surface area contributed by atoms with Gasteiger partial charge in [-0.25, -0.2) is 0 Å². The van der Waals surface area contributed by atoms with Crippen molar-refractivity contribution in [1.29, 1.82) is 0 Å². The molecule has 0 aliphatic carbocycles. The predicted octanol–water partition coefficient (Wildman–Crippen LogP) is 0.757. The molecule has 0 spiro atoms. The molecular weight excluding hydrogens is 292 g/mol. The third kappa shape index (κ3) is 3.75. The molecular formula is C14H16N2O4S. The molecule has 0 saturated heterocycles. The van der Waals surface area contributed by atoms with E-state index in [1.54, 1.807) is 20.2 Å². The number of nitrogens with zero attached hydrogens (tertiary/aromatic N) is 2.